The van der Waals surface area contributed by atoms with Crippen molar-refractivity contribution in [3.05, 3.63) is 59.8 Å². The second kappa shape index (κ2) is 8.19. The molecule has 0 spiro atoms. The lowest BCUT2D eigenvalue weighted by molar-refractivity contribution is -0.132. The van der Waals surface area contributed by atoms with E-state index in [0.29, 0.717) is 11.4 Å². The van der Waals surface area contributed by atoms with Gasteiger partial charge in [-0.25, -0.2) is 0 Å². The Hall–Kier alpha value is -2.59. The summed E-state index contributed by atoms with van der Waals surface area (Å²) < 4.78 is 6.12. The van der Waals surface area contributed by atoms with Crippen molar-refractivity contribution in [3.63, 3.8) is 0 Å². The van der Waals surface area contributed by atoms with E-state index in [9.17, 15) is 4.79 Å². The average Bonchev–Trinajstić information content (AvgIpc) is 2.75. The van der Waals surface area contributed by atoms with Crippen molar-refractivity contribution in [2.45, 2.75) is 32.3 Å². The first kappa shape index (κ1) is 18.8. The fourth-order valence-corrected chi connectivity index (χ4v) is 3.98. The zero-order valence-electron chi connectivity index (χ0n) is 15.9. The molecule has 0 bridgehead atoms. The minimum Gasteiger partial charge on any atom is -0.490 e. The van der Waals surface area contributed by atoms with Gasteiger partial charge in [-0.15, -0.1) is 0 Å². The second-order valence-corrected chi connectivity index (χ2v) is 7.46. The van der Waals surface area contributed by atoms with Crippen molar-refractivity contribution >= 4 is 28.4 Å². The number of aromatic nitrogens is 1. The molecule has 1 saturated heterocycles. The molecule has 28 heavy (non-hydrogen) atoms. The number of hydrogen-bond acceptors (Lipinski definition) is 3. The Labute approximate surface area is 170 Å². The van der Waals surface area contributed by atoms with Gasteiger partial charge in [-0.05, 0) is 23.8 Å². The minimum absolute atomic E-state index is 0.151. The van der Waals surface area contributed by atoms with Crippen LogP contribution in [0, 0.1) is 0 Å². The van der Waals surface area contributed by atoms with Gasteiger partial charge in [0.25, 0.3) is 0 Å². The topological polar surface area (TPSA) is 42.4 Å². The number of nitrogens with zero attached hydrogens (tertiary/aromatic N) is 2. The lowest BCUT2D eigenvalue weighted by Crippen LogP contribution is -2.41. The predicted molar refractivity (Wildman–Crippen MR) is 113 cm³/mol. The number of para-hydroxylation sites is 1. The number of benzene rings is 2. The third-order valence-electron chi connectivity index (χ3n) is 5.27. The number of rotatable bonds is 4. The van der Waals surface area contributed by atoms with Crippen LogP contribution < -0.4 is 4.74 Å². The molecule has 5 heteroatoms. The van der Waals surface area contributed by atoms with E-state index in [1.165, 1.54) is 0 Å². The van der Waals surface area contributed by atoms with Gasteiger partial charge in [-0.2, -0.15) is 0 Å². The average molecular weight is 395 g/mol. The summed E-state index contributed by atoms with van der Waals surface area (Å²) in [7, 11) is 0. The third kappa shape index (κ3) is 3.83. The van der Waals surface area contributed by atoms with Gasteiger partial charge in [-0.3, -0.25) is 9.78 Å². The molecule has 0 aliphatic carbocycles. The van der Waals surface area contributed by atoms with E-state index in [4.69, 9.17) is 16.3 Å². The molecule has 4 rings (SSSR count). The molecule has 0 N–H and O–H groups in total. The molecule has 0 radical (unpaired) electrons. The number of piperidine rings is 1. The number of ether oxygens (including phenoxy) is 1. The van der Waals surface area contributed by atoms with Gasteiger partial charge in [0.05, 0.1) is 10.5 Å². The number of pyridine rings is 1. The van der Waals surface area contributed by atoms with E-state index in [0.717, 1.165) is 53.7 Å². The molecule has 3 aromatic rings. The van der Waals surface area contributed by atoms with Crippen LogP contribution in [-0.2, 0) is 4.79 Å². The van der Waals surface area contributed by atoms with Gasteiger partial charge < -0.3 is 9.64 Å². The Bertz CT molecular complexity index is 980. The summed E-state index contributed by atoms with van der Waals surface area (Å²) in [6.45, 7) is 3.45. The highest BCUT2D eigenvalue weighted by Crippen LogP contribution is 2.34. The fraction of sp³-hybridized carbons (Fsp3) is 0.304. The Morgan fingerprint density at radius 2 is 1.86 bits per heavy atom. The summed E-state index contributed by atoms with van der Waals surface area (Å²) in [5.41, 5.74) is 2.82. The predicted octanol–water partition coefficient (Wildman–Crippen LogP) is 5.34. The first-order valence-corrected chi connectivity index (χ1v) is 10.1. The first-order valence-electron chi connectivity index (χ1n) is 9.74. The van der Waals surface area contributed by atoms with Crippen LogP contribution in [0.2, 0.25) is 5.02 Å². The second-order valence-electron chi connectivity index (χ2n) is 7.08. The van der Waals surface area contributed by atoms with Crippen molar-refractivity contribution < 1.29 is 9.53 Å². The SMILES string of the molecule is CCC(=O)N1CCC(Oc2ccc(-c3cnc4ccccc4c3Cl)cc2)CC1. The van der Waals surface area contributed by atoms with Crippen molar-refractivity contribution in [2.75, 3.05) is 13.1 Å². The van der Waals surface area contributed by atoms with Crippen molar-refractivity contribution in [3.8, 4) is 16.9 Å². The van der Waals surface area contributed by atoms with Crippen LogP contribution in [0.5, 0.6) is 5.75 Å². The van der Waals surface area contributed by atoms with Crippen molar-refractivity contribution in [1.29, 1.82) is 0 Å². The summed E-state index contributed by atoms with van der Waals surface area (Å²) in [6.07, 6.45) is 4.28. The number of hydrogen-bond donors (Lipinski definition) is 0. The molecule has 0 unspecified atom stereocenters. The molecule has 1 aromatic heterocycles. The van der Waals surface area contributed by atoms with Crippen LogP contribution in [0.3, 0.4) is 0 Å². The molecule has 2 heterocycles. The third-order valence-corrected chi connectivity index (χ3v) is 5.68. The van der Waals surface area contributed by atoms with E-state index in [1.54, 1.807) is 0 Å². The maximum Gasteiger partial charge on any atom is 0.222 e. The number of amides is 1. The molecule has 1 aliphatic heterocycles. The maximum absolute atomic E-state index is 11.8. The summed E-state index contributed by atoms with van der Waals surface area (Å²) in [4.78, 5) is 18.2. The van der Waals surface area contributed by atoms with Crippen molar-refractivity contribution in [1.82, 2.24) is 9.88 Å². The molecule has 0 atom stereocenters. The number of likely N-dealkylation sites (tertiary alicyclic amines) is 1. The Morgan fingerprint density at radius 3 is 2.57 bits per heavy atom. The van der Waals surface area contributed by atoms with E-state index in [1.807, 2.05) is 66.6 Å². The smallest absolute Gasteiger partial charge is 0.222 e. The lowest BCUT2D eigenvalue weighted by Gasteiger charge is -2.32. The van der Waals surface area contributed by atoms with Crippen LogP contribution in [0.4, 0.5) is 0 Å². The zero-order chi connectivity index (χ0) is 19.5. The Kier molecular flexibility index (Phi) is 5.49. The van der Waals surface area contributed by atoms with Crippen LogP contribution in [0.1, 0.15) is 26.2 Å². The summed E-state index contributed by atoms with van der Waals surface area (Å²) in [6, 6.07) is 15.9. The Balaban J connectivity index is 1.45. The summed E-state index contributed by atoms with van der Waals surface area (Å²) in [5.74, 6) is 1.07. The van der Waals surface area contributed by atoms with E-state index in [2.05, 4.69) is 4.98 Å². The molecule has 144 valence electrons. The highest BCUT2D eigenvalue weighted by molar-refractivity contribution is 6.38. The van der Waals surface area contributed by atoms with Gasteiger partial charge in [0.15, 0.2) is 0 Å². The van der Waals surface area contributed by atoms with Crippen LogP contribution in [0.15, 0.2) is 54.7 Å². The minimum atomic E-state index is 0.151. The number of carbonyl (C=O) groups excluding carboxylic acids is 1. The number of carbonyl (C=O) groups is 1. The van der Waals surface area contributed by atoms with Crippen LogP contribution >= 0.6 is 11.6 Å². The van der Waals surface area contributed by atoms with E-state index >= 15 is 0 Å². The molecule has 1 amide bonds. The zero-order valence-corrected chi connectivity index (χ0v) is 16.7. The first-order chi connectivity index (χ1) is 13.7. The molecule has 1 fully saturated rings. The quantitative estimate of drug-likeness (QED) is 0.600. The van der Waals surface area contributed by atoms with Crippen LogP contribution in [-0.4, -0.2) is 35.0 Å². The maximum atomic E-state index is 11.8. The highest BCUT2D eigenvalue weighted by Gasteiger charge is 2.23. The van der Waals surface area contributed by atoms with Gasteiger partial charge in [-0.1, -0.05) is 48.9 Å². The molecule has 0 saturated carbocycles. The number of fused-ring (bicyclic) bond motifs is 1. The van der Waals surface area contributed by atoms with Gasteiger partial charge in [0.1, 0.15) is 11.9 Å². The van der Waals surface area contributed by atoms with Gasteiger partial charge >= 0.3 is 0 Å². The van der Waals surface area contributed by atoms with Crippen molar-refractivity contribution in [2.24, 2.45) is 0 Å². The fourth-order valence-electron chi connectivity index (χ4n) is 3.66. The van der Waals surface area contributed by atoms with Gasteiger partial charge in [0.2, 0.25) is 5.91 Å². The molecule has 2 aromatic carbocycles. The lowest BCUT2D eigenvalue weighted by atomic mass is 10.0. The largest absolute Gasteiger partial charge is 0.490 e. The van der Waals surface area contributed by atoms with Gasteiger partial charge in [0, 0.05) is 49.5 Å². The normalized spacial score (nSPS) is 15.0. The monoisotopic (exact) mass is 394 g/mol. The van der Waals surface area contributed by atoms with Crippen LogP contribution in [0.25, 0.3) is 22.0 Å². The van der Waals surface area contributed by atoms with E-state index in [-0.39, 0.29) is 12.0 Å². The number of halogens is 1. The molecule has 4 nitrogen and oxygen atoms in total. The molecular formula is C23H23ClN2O2. The Morgan fingerprint density at radius 1 is 1.14 bits per heavy atom. The summed E-state index contributed by atoms with van der Waals surface area (Å²) >= 11 is 6.62. The van der Waals surface area contributed by atoms with E-state index < -0.39 is 0 Å². The summed E-state index contributed by atoms with van der Waals surface area (Å²) in [5, 5.41) is 1.67. The standard InChI is InChI=1S/C23H23ClN2O2/c1-2-22(27)26-13-11-18(12-14-26)28-17-9-7-16(8-10-17)20-15-25-21-6-4-3-5-19(21)23(20)24/h3-10,15,18H,2,11-14H2,1H3. The molecular weight excluding hydrogens is 372 g/mol. The molecule has 1 aliphatic rings. The highest BCUT2D eigenvalue weighted by atomic mass is 35.5.